The summed E-state index contributed by atoms with van der Waals surface area (Å²) in [6, 6.07) is 4.24. The summed E-state index contributed by atoms with van der Waals surface area (Å²) in [4.78, 5) is 4.66. The van der Waals surface area contributed by atoms with Gasteiger partial charge in [0, 0.05) is 18.0 Å². The van der Waals surface area contributed by atoms with Gasteiger partial charge in [-0.1, -0.05) is 47.5 Å². The van der Waals surface area contributed by atoms with Crippen LogP contribution in [0.5, 0.6) is 5.88 Å². The molecule has 1 rings (SSSR count). The molecule has 0 bridgehead atoms. The van der Waals surface area contributed by atoms with Gasteiger partial charge in [-0.05, 0) is 24.6 Å². The molecule has 0 aromatic carbocycles. The summed E-state index contributed by atoms with van der Waals surface area (Å²) in [5, 5.41) is 3.36. The normalized spacial score (nSPS) is 11.7. The fraction of sp³-hybridized carbons (Fsp3) is 0.706. The molecule has 0 spiro atoms. The third-order valence-electron chi connectivity index (χ3n) is 3.21. The number of unbranched alkanes of at least 4 members (excludes halogenated alkanes) is 2. The maximum Gasteiger partial charge on any atom is 0.213 e. The molecule has 0 aliphatic carbocycles. The highest BCUT2D eigenvalue weighted by Crippen LogP contribution is 2.24. The van der Waals surface area contributed by atoms with Crippen LogP contribution < -0.4 is 10.1 Å². The lowest BCUT2D eigenvalue weighted by Crippen LogP contribution is -2.17. The second-order valence-electron chi connectivity index (χ2n) is 6.28. The smallest absolute Gasteiger partial charge is 0.213 e. The van der Waals surface area contributed by atoms with E-state index in [1.54, 1.807) is 0 Å². The third-order valence-corrected chi connectivity index (χ3v) is 3.21. The largest absolute Gasteiger partial charge is 0.478 e. The Bertz CT molecular complexity index is 396. The number of rotatable bonds is 8. The van der Waals surface area contributed by atoms with Gasteiger partial charge in [-0.3, -0.25) is 0 Å². The molecule has 0 saturated carbocycles. The summed E-state index contributed by atoms with van der Waals surface area (Å²) in [5.41, 5.74) is 2.39. The van der Waals surface area contributed by atoms with Gasteiger partial charge in [0.1, 0.15) is 0 Å². The van der Waals surface area contributed by atoms with Crippen molar-refractivity contribution in [2.75, 3.05) is 13.2 Å². The van der Waals surface area contributed by atoms with Crippen LogP contribution in [0.3, 0.4) is 0 Å². The third kappa shape index (κ3) is 5.91. The highest BCUT2D eigenvalue weighted by molar-refractivity contribution is 5.28. The number of hydrogen-bond acceptors (Lipinski definition) is 3. The lowest BCUT2D eigenvalue weighted by Gasteiger charge is -2.20. The van der Waals surface area contributed by atoms with Crippen LogP contribution in [0.4, 0.5) is 0 Å². The van der Waals surface area contributed by atoms with E-state index in [9.17, 15) is 0 Å². The quantitative estimate of drug-likeness (QED) is 0.728. The Morgan fingerprint density at radius 2 is 1.90 bits per heavy atom. The van der Waals surface area contributed by atoms with Crippen molar-refractivity contribution >= 4 is 0 Å². The van der Waals surface area contributed by atoms with Crippen molar-refractivity contribution in [3.05, 3.63) is 23.4 Å². The van der Waals surface area contributed by atoms with Gasteiger partial charge >= 0.3 is 0 Å². The Morgan fingerprint density at radius 1 is 1.15 bits per heavy atom. The fourth-order valence-electron chi connectivity index (χ4n) is 1.92. The van der Waals surface area contributed by atoms with E-state index in [1.165, 1.54) is 18.4 Å². The number of ether oxygens (including phenoxy) is 1. The minimum absolute atomic E-state index is 0.0454. The number of aromatic nitrogens is 1. The highest BCUT2D eigenvalue weighted by Gasteiger charge is 2.17. The molecule has 1 aromatic rings. The Labute approximate surface area is 124 Å². The molecule has 0 fully saturated rings. The number of hydrogen-bond donors (Lipinski definition) is 1. The number of pyridine rings is 1. The lowest BCUT2D eigenvalue weighted by molar-refractivity contribution is 0.292. The van der Waals surface area contributed by atoms with E-state index in [-0.39, 0.29) is 5.41 Å². The molecule has 20 heavy (non-hydrogen) atoms. The molecule has 3 nitrogen and oxygen atoms in total. The predicted octanol–water partition coefficient (Wildman–Crippen LogP) is 4.06. The Kier molecular flexibility index (Phi) is 7.00. The highest BCUT2D eigenvalue weighted by atomic mass is 16.5. The van der Waals surface area contributed by atoms with E-state index < -0.39 is 0 Å². The van der Waals surface area contributed by atoms with Crippen molar-refractivity contribution in [1.29, 1.82) is 0 Å². The second-order valence-corrected chi connectivity index (χ2v) is 6.28. The van der Waals surface area contributed by atoms with Crippen LogP contribution in [0.15, 0.2) is 12.1 Å². The standard InChI is InChI=1S/C17H30N2O/c1-6-8-9-10-20-16-12-14(13-18-7-2)11-15(19-16)17(3,4)5/h11-12,18H,6-10,13H2,1-5H3. The molecule has 0 amide bonds. The van der Waals surface area contributed by atoms with Gasteiger partial charge in [-0.2, -0.15) is 0 Å². The molecular formula is C17H30N2O. The van der Waals surface area contributed by atoms with Crippen molar-refractivity contribution in [2.24, 2.45) is 0 Å². The summed E-state index contributed by atoms with van der Waals surface area (Å²) < 4.78 is 5.83. The zero-order valence-electron chi connectivity index (χ0n) is 13.8. The van der Waals surface area contributed by atoms with E-state index in [2.05, 4.69) is 57.1 Å². The minimum atomic E-state index is 0.0454. The Morgan fingerprint density at radius 3 is 2.50 bits per heavy atom. The first-order valence-corrected chi connectivity index (χ1v) is 7.82. The molecule has 0 radical (unpaired) electrons. The second kappa shape index (κ2) is 8.25. The molecule has 114 valence electrons. The van der Waals surface area contributed by atoms with Gasteiger partial charge in [-0.25, -0.2) is 4.98 Å². The maximum atomic E-state index is 5.83. The molecule has 0 aliphatic heterocycles. The summed E-state index contributed by atoms with van der Waals surface area (Å²) >= 11 is 0. The average Bonchev–Trinajstić information content (AvgIpc) is 2.40. The topological polar surface area (TPSA) is 34.1 Å². The minimum Gasteiger partial charge on any atom is -0.478 e. The zero-order chi connectivity index (χ0) is 15.0. The lowest BCUT2D eigenvalue weighted by atomic mass is 9.91. The van der Waals surface area contributed by atoms with E-state index >= 15 is 0 Å². The average molecular weight is 278 g/mol. The van der Waals surface area contributed by atoms with E-state index in [0.717, 1.165) is 37.7 Å². The molecule has 0 saturated heterocycles. The van der Waals surface area contributed by atoms with Gasteiger partial charge in [0.15, 0.2) is 0 Å². The molecular weight excluding hydrogens is 248 g/mol. The van der Waals surface area contributed by atoms with Crippen LogP contribution in [0, 0.1) is 0 Å². The van der Waals surface area contributed by atoms with E-state index in [4.69, 9.17) is 4.74 Å². The van der Waals surface area contributed by atoms with Crippen LogP contribution in [0.1, 0.15) is 65.1 Å². The van der Waals surface area contributed by atoms with Crippen molar-refractivity contribution in [3.8, 4) is 5.88 Å². The van der Waals surface area contributed by atoms with E-state index in [1.807, 2.05) is 0 Å². The van der Waals surface area contributed by atoms with Crippen molar-refractivity contribution in [3.63, 3.8) is 0 Å². The van der Waals surface area contributed by atoms with Crippen molar-refractivity contribution in [2.45, 2.75) is 65.8 Å². The fourth-order valence-corrected chi connectivity index (χ4v) is 1.92. The van der Waals surface area contributed by atoms with Gasteiger partial charge in [0.2, 0.25) is 5.88 Å². The molecule has 3 heteroatoms. The van der Waals surface area contributed by atoms with Gasteiger partial charge in [0.25, 0.3) is 0 Å². The maximum absolute atomic E-state index is 5.83. The summed E-state index contributed by atoms with van der Waals surface area (Å²) in [6.45, 7) is 13.5. The zero-order valence-corrected chi connectivity index (χ0v) is 13.8. The van der Waals surface area contributed by atoms with Crippen LogP contribution in [-0.4, -0.2) is 18.1 Å². The Hall–Kier alpha value is -1.09. The van der Waals surface area contributed by atoms with Crippen LogP contribution in [0.2, 0.25) is 0 Å². The van der Waals surface area contributed by atoms with E-state index in [0.29, 0.717) is 0 Å². The SMILES string of the molecule is CCCCCOc1cc(CNCC)cc(C(C)(C)C)n1. The Balaban J connectivity index is 2.80. The molecule has 0 aliphatic rings. The summed E-state index contributed by atoms with van der Waals surface area (Å²) in [6.07, 6.45) is 3.52. The molecule has 1 heterocycles. The summed E-state index contributed by atoms with van der Waals surface area (Å²) in [7, 11) is 0. The first-order valence-electron chi connectivity index (χ1n) is 7.82. The number of nitrogens with zero attached hydrogens (tertiary/aromatic N) is 1. The number of nitrogens with one attached hydrogen (secondary N) is 1. The van der Waals surface area contributed by atoms with Gasteiger partial charge in [-0.15, -0.1) is 0 Å². The van der Waals surface area contributed by atoms with Crippen LogP contribution in [0.25, 0.3) is 0 Å². The summed E-state index contributed by atoms with van der Waals surface area (Å²) in [5.74, 6) is 0.765. The van der Waals surface area contributed by atoms with Gasteiger partial charge in [0.05, 0.1) is 12.3 Å². The van der Waals surface area contributed by atoms with Crippen LogP contribution in [-0.2, 0) is 12.0 Å². The predicted molar refractivity (Wildman–Crippen MR) is 85.3 cm³/mol. The molecule has 1 aromatic heterocycles. The van der Waals surface area contributed by atoms with Crippen molar-refractivity contribution < 1.29 is 4.74 Å². The van der Waals surface area contributed by atoms with Gasteiger partial charge < -0.3 is 10.1 Å². The van der Waals surface area contributed by atoms with Crippen LogP contribution >= 0.6 is 0 Å². The van der Waals surface area contributed by atoms with Crippen molar-refractivity contribution in [1.82, 2.24) is 10.3 Å². The first-order chi connectivity index (χ1) is 9.47. The monoisotopic (exact) mass is 278 g/mol. The molecule has 1 N–H and O–H groups in total. The first kappa shape index (κ1) is 17.0. The molecule has 0 atom stereocenters. The molecule has 0 unspecified atom stereocenters.